The summed E-state index contributed by atoms with van der Waals surface area (Å²) in [6.07, 6.45) is 0.334. The van der Waals surface area contributed by atoms with Gasteiger partial charge in [-0.2, -0.15) is 0 Å². The van der Waals surface area contributed by atoms with Crippen LogP contribution in [0.3, 0.4) is 0 Å². The molecule has 132 valence electrons. The number of likely N-dealkylation sites (N-methyl/N-ethyl adjacent to an activating group) is 1. The van der Waals surface area contributed by atoms with E-state index in [0.29, 0.717) is 22.2 Å². The highest BCUT2D eigenvalue weighted by Gasteiger charge is 2.18. The number of para-hydroxylation sites is 1. The number of hydrogen-bond acceptors (Lipinski definition) is 2. The molecule has 25 heavy (non-hydrogen) atoms. The van der Waals surface area contributed by atoms with Gasteiger partial charge < -0.3 is 10.2 Å². The second-order valence-corrected chi connectivity index (χ2v) is 6.72. The molecule has 1 unspecified atom stereocenters. The third-order valence-electron chi connectivity index (χ3n) is 3.88. The van der Waals surface area contributed by atoms with Crippen molar-refractivity contribution in [1.82, 2.24) is 4.90 Å². The topological polar surface area (TPSA) is 49.4 Å². The van der Waals surface area contributed by atoms with Crippen molar-refractivity contribution >= 4 is 40.7 Å². The number of benzene rings is 2. The van der Waals surface area contributed by atoms with Crippen molar-refractivity contribution in [3.63, 3.8) is 0 Å². The number of amides is 2. The molecular formula is C19H20Cl2N2O2. The Balaban J connectivity index is 1.91. The molecule has 2 amide bonds. The lowest BCUT2D eigenvalue weighted by atomic mass is 9.97. The second kappa shape index (κ2) is 8.88. The summed E-state index contributed by atoms with van der Waals surface area (Å²) in [5.41, 5.74) is 1.45. The van der Waals surface area contributed by atoms with Gasteiger partial charge in [0.15, 0.2) is 0 Å². The van der Waals surface area contributed by atoms with Crippen LogP contribution in [0.25, 0.3) is 0 Å². The van der Waals surface area contributed by atoms with Gasteiger partial charge in [-0.3, -0.25) is 9.59 Å². The number of nitrogens with zero attached hydrogens (tertiary/aromatic N) is 1. The number of carbonyl (C=O) groups is 2. The Hall–Kier alpha value is -2.04. The summed E-state index contributed by atoms with van der Waals surface area (Å²) in [6, 6.07) is 14.8. The lowest BCUT2D eigenvalue weighted by Gasteiger charge is -2.20. The van der Waals surface area contributed by atoms with Gasteiger partial charge in [0.05, 0.1) is 22.3 Å². The first-order valence-corrected chi connectivity index (χ1v) is 8.67. The molecular weight excluding hydrogens is 359 g/mol. The molecule has 0 bridgehead atoms. The largest absolute Gasteiger partial charge is 0.336 e. The molecule has 0 fully saturated rings. The smallest absolute Gasteiger partial charge is 0.244 e. The first-order chi connectivity index (χ1) is 11.9. The highest BCUT2D eigenvalue weighted by molar-refractivity contribution is 6.39. The van der Waals surface area contributed by atoms with Gasteiger partial charge in [-0.05, 0) is 23.6 Å². The molecule has 2 rings (SSSR count). The highest BCUT2D eigenvalue weighted by Crippen LogP contribution is 2.29. The Bertz CT molecular complexity index is 730. The maximum Gasteiger partial charge on any atom is 0.244 e. The zero-order chi connectivity index (χ0) is 18.4. The molecule has 0 aliphatic heterocycles. The number of rotatable bonds is 6. The monoisotopic (exact) mass is 378 g/mol. The van der Waals surface area contributed by atoms with E-state index in [4.69, 9.17) is 23.2 Å². The van der Waals surface area contributed by atoms with Gasteiger partial charge in [-0.25, -0.2) is 0 Å². The first kappa shape index (κ1) is 19.3. The molecule has 0 aliphatic carbocycles. The molecule has 1 atom stereocenters. The van der Waals surface area contributed by atoms with Crippen molar-refractivity contribution in [1.29, 1.82) is 0 Å². The van der Waals surface area contributed by atoms with Crippen molar-refractivity contribution in [3.8, 4) is 0 Å². The van der Waals surface area contributed by atoms with Crippen molar-refractivity contribution in [2.24, 2.45) is 0 Å². The molecule has 4 nitrogen and oxygen atoms in total. The Kier molecular flexibility index (Phi) is 6.85. The number of hydrogen-bond donors (Lipinski definition) is 1. The second-order valence-electron chi connectivity index (χ2n) is 5.91. The van der Waals surface area contributed by atoms with Crippen LogP contribution >= 0.6 is 23.2 Å². The van der Waals surface area contributed by atoms with Crippen molar-refractivity contribution < 1.29 is 9.59 Å². The lowest BCUT2D eigenvalue weighted by Crippen LogP contribution is -2.35. The van der Waals surface area contributed by atoms with Crippen LogP contribution in [0, 0.1) is 0 Å². The van der Waals surface area contributed by atoms with Gasteiger partial charge in [-0.15, -0.1) is 0 Å². The Labute approximate surface area is 157 Å². The van der Waals surface area contributed by atoms with E-state index in [0.717, 1.165) is 5.56 Å². The molecule has 0 aliphatic rings. The molecule has 2 aromatic carbocycles. The number of carbonyl (C=O) groups excluding carboxylic acids is 2. The maximum absolute atomic E-state index is 12.3. The third-order valence-corrected chi connectivity index (χ3v) is 4.51. The Morgan fingerprint density at radius 3 is 2.24 bits per heavy atom. The molecule has 0 heterocycles. The van der Waals surface area contributed by atoms with Crippen molar-refractivity contribution in [2.45, 2.75) is 19.3 Å². The summed E-state index contributed by atoms with van der Waals surface area (Å²) in [5, 5.41) is 3.36. The zero-order valence-electron chi connectivity index (χ0n) is 14.1. The minimum absolute atomic E-state index is 0.0676. The highest BCUT2D eigenvalue weighted by atomic mass is 35.5. The number of nitrogens with one attached hydrogen (secondary N) is 1. The number of anilines is 1. The van der Waals surface area contributed by atoms with Crippen LogP contribution in [0.2, 0.25) is 10.0 Å². The van der Waals surface area contributed by atoms with Gasteiger partial charge in [0.1, 0.15) is 0 Å². The number of halogens is 2. The van der Waals surface area contributed by atoms with Crippen LogP contribution in [0.1, 0.15) is 24.8 Å². The first-order valence-electron chi connectivity index (χ1n) is 7.91. The van der Waals surface area contributed by atoms with Gasteiger partial charge in [-0.1, -0.05) is 66.5 Å². The van der Waals surface area contributed by atoms with Crippen molar-refractivity contribution in [3.05, 3.63) is 64.1 Å². The van der Waals surface area contributed by atoms with E-state index in [1.54, 1.807) is 25.2 Å². The fraction of sp³-hybridized carbons (Fsp3) is 0.263. The van der Waals surface area contributed by atoms with Crippen LogP contribution in [0.5, 0.6) is 0 Å². The summed E-state index contributed by atoms with van der Waals surface area (Å²) >= 11 is 12.1. The fourth-order valence-corrected chi connectivity index (χ4v) is 2.91. The SMILES string of the molecule is CC(CC(=O)N(C)CC(=O)Nc1c(Cl)cccc1Cl)c1ccccc1. The predicted octanol–water partition coefficient (Wildman–Crippen LogP) is 4.58. The molecule has 0 saturated heterocycles. The van der Waals surface area contributed by atoms with E-state index in [-0.39, 0.29) is 24.3 Å². The molecule has 0 aromatic heterocycles. The van der Waals surface area contributed by atoms with Gasteiger partial charge in [0, 0.05) is 13.5 Å². The van der Waals surface area contributed by atoms with Gasteiger partial charge >= 0.3 is 0 Å². The molecule has 0 radical (unpaired) electrons. The van der Waals surface area contributed by atoms with E-state index in [2.05, 4.69) is 5.32 Å². The molecule has 6 heteroatoms. The molecule has 2 aromatic rings. The summed E-state index contributed by atoms with van der Waals surface area (Å²) in [4.78, 5) is 25.9. The van der Waals surface area contributed by atoms with Crippen molar-refractivity contribution in [2.75, 3.05) is 18.9 Å². The molecule has 0 spiro atoms. The van der Waals surface area contributed by atoms with Crippen LogP contribution in [-0.4, -0.2) is 30.3 Å². The maximum atomic E-state index is 12.3. The lowest BCUT2D eigenvalue weighted by molar-refractivity contribution is -0.133. The summed E-state index contributed by atoms with van der Waals surface area (Å²) in [7, 11) is 1.60. The van der Waals surface area contributed by atoms with E-state index >= 15 is 0 Å². The molecule has 1 N–H and O–H groups in total. The average Bonchev–Trinajstić information content (AvgIpc) is 2.59. The minimum Gasteiger partial charge on any atom is -0.336 e. The van der Waals surface area contributed by atoms with E-state index in [1.807, 2.05) is 37.3 Å². The van der Waals surface area contributed by atoms with Crippen LogP contribution in [0.15, 0.2) is 48.5 Å². The van der Waals surface area contributed by atoms with Gasteiger partial charge in [0.25, 0.3) is 0 Å². The van der Waals surface area contributed by atoms with Gasteiger partial charge in [0.2, 0.25) is 11.8 Å². The molecule has 0 saturated carbocycles. The Morgan fingerprint density at radius 1 is 1.04 bits per heavy atom. The van der Waals surface area contributed by atoms with E-state index in [9.17, 15) is 9.59 Å². The minimum atomic E-state index is -0.349. The summed E-state index contributed by atoms with van der Waals surface area (Å²) < 4.78 is 0. The fourth-order valence-electron chi connectivity index (χ4n) is 2.42. The standard InChI is InChI=1S/C19H20Cl2N2O2/c1-13(14-7-4-3-5-8-14)11-18(25)23(2)12-17(24)22-19-15(20)9-6-10-16(19)21/h3-10,13H,11-12H2,1-2H3,(H,22,24). The van der Waals surface area contributed by atoms with Crippen LogP contribution < -0.4 is 5.32 Å². The normalized spacial score (nSPS) is 11.7. The third kappa shape index (κ3) is 5.48. The summed E-state index contributed by atoms with van der Waals surface area (Å²) in [6.45, 7) is 1.92. The average molecular weight is 379 g/mol. The van der Waals surface area contributed by atoms with E-state index < -0.39 is 0 Å². The zero-order valence-corrected chi connectivity index (χ0v) is 15.6. The quantitative estimate of drug-likeness (QED) is 0.799. The van der Waals surface area contributed by atoms with Crippen LogP contribution in [-0.2, 0) is 9.59 Å². The predicted molar refractivity (Wildman–Crippen MR) is 102 cm³/mol. The summed E-state index contributed by atoms with van der Waals surface area (Å²) in [5.74, 6) is -0.368. The Morgan fingerprint density at radius 2 is 1.64 bits per heavy atom. The van der Waals surface area contributed by atoms with E-state index in [1.165, 1.54) is 4.90 Å². The van der Waals surface area contributed by atoms with Crippen LogP contribution in [0.4, 0.5) is 5.69 Å².